The summed E-state index contributed by atoms with van der Waals surface area (Å²) in [6.07, 6.45) is 0.938. The molecule has 6 heteroatoms. The summed E-state index contributed by atoms with van der Waals surface area (Å²) in [4.78, 5) is 12.5. The van der Waals surface area contributed by atoms with Gasteiger partial charge in [-0.3, -0.25) is 4.79 Å². The van der Waals surface area contributed by atoms with E-state index in [2.05, 4.69) is 21.0 Å². The number of benzene rings is 2. The largest absolute Gasteiger partial charge is 0.497 e. The first-order valence-electron chi connectivity index (χ1n) is 7.97. The lowest BCUT2D eigenvalue weighted by molar-refractivity contribution is -0.132. The van der Waals surface area contributed by atoms with Crippen LogP contribution in [0, 0.1) is 0 Å². The third kappa shape index (κ3) is 4.05. The van der Waals surface area contributed by atoms with Crippen molar-refractivity contribution in [2.75, 3.05) is 13.0 Å². The van der Waals surface area contributed by atoms with Crippen LogP contribution in [0.4, 0.5) is 0 Å². The molecule has 1 atom stereocenters. The number of halogens is 2. The molecule has 0 aliphatic carbocycles. The van der Waals surface area contributed by atoms with Crippen LogP contribution in [0.5, 0.6) is 5.75 Å². The fourth-order valence-corrected chi connectivity index (χ4v) is 3.26. The summed E-state index contributed by atoms with van der Waals surface area (Å²) in [5, 5.41) is 6.17. The zero-order chi connectivity index (χ0) is 17.8. The number of nitrogens with zero attached hydrogens (tertiary/aromatic N) is 2. The van der Waals surface area contributed by atoms with E-state index in [1.54, 1.807) is 12.1 Å². The lowest BCUT2D eigenvalue weighted by Crippen LogP contribution is -2.27. The lowest BCUT2D eigenvalue weighted by Gasteiger charge is -2.22. The van der Waals surface area contributed by atoms with Crippen LogP contribution in [0.3, 0.4) is 0 Å². The molecule has 1 amide bonds. The van der Waals surface area contributed by atoms with E-state index in [-0.39, 0.29) is 24.2 Å². The highest BCUT2D eigenvalue weighted by molar-refractivity contribution is 9.10. The maximum Gasteiger partial charge on any atom is 0.244 e. The Balaban J connectivity index is 1.91. The predicted molar refractivity (Wildman–Crippen MR) is 103 cm³/mol. The zero-order valence-electron chi connectivity index (χ0n) is 13.8. The first-order valence-corrected chi connectivity index (χ1v) is 9.30. The molecule has 1 aliphatic heterocycles. The van der Waals surface area contributed by atoms with Gasteiger partial charge in [-0.2, -0.15) is 5.10 Å². The van der Waals surface area contributed by atoms with Gasteiger partial charge in [0, 0.05) is 23.2 Å². The Kier molecular flexibility index (Phi) is 5.76. The van der Waals surface area contributed by atoms with Crippen LogP contribution in [0.15, 0.2) is 58.1 Å². The molecule has 1 aliphatic rings. The molecule has 1 heterocycles. The second kappa shape index (κ2) is 8.02. The molecule has 0 N–H and O–H groups in total. The molecule has 0 aromatic heterocycles. The summed E-state index contributed by atoms with van der Waals surface area (Å²) < 4.78 is 6.23. The van der Waals surface area contributed by atoms with Gasteiger partial charge < -0.3 is 4.74 Å². The van der Waals surface area contributed by atoms with E-state index in [9.17, 15) is 4.79 Å². The highest BCUT2D eigenvalue weighted by Crippen LogP contribution is 2.34. The van der Waals surface area contributed by atoms with Gasteiger partial charge in [0.15, 0.2) is 0 Å². The third-order valence-electron chi connectivity index (χ3n) is 4.15. The quantitative estimate of drug-likeness (QED) is 0.653. The van der Waals surface area contributed by atoms with E-state index in [1.807, 2.05) is 48.5 Å². The Bertz CT molecular complexity index is 775. The first-order chi connectivity index (χ1) is 12.1. The summed E-state index contributed by atoms with van der Waals surface area (Å²) in [5.74, 6) is 1.01. The normalized spacial score (nSPS) is 16.7. The predicted octanol–water partition coefficient (Wildman–Crippen LogP) is 4.76. The summed E-state index contributed by atoms with van der Waals surface area (Å²) in [5.41, 5.74) is 2.94. The van der Waals surface area contributed by atoms with E-state index in [1.165, 1.54) is 0 Å². The molecule has 130 valence electrons. The molecule has 0 bridgehead atoms. The number of carbonyl (C=O) groups excluding carboxylic acids is 1. The summed E-state index contributed by atoms with van der Waals surface area (Å²) in [7, 11) is 1.63. The van der Waals surface area contributed by atoms with Crippen LogP contribution in [0.1, 0.15) is 30.0 Å². The molecule has 0 saturated carbocycles. The van der Waals surface area contributed by atoms with Crippen molar-refractivity contribution >= 4 is 39.1 Å². The van der Waals surface area contributed by atoms with Crippen molar-refractivity contribution in [2.24, 2.45) is 5.10 Å². The van der Waals surface area contributed by atoms with Gasteiger partial charge in [-0.05, 0) is 35.4 Å². The number of methoxy groups -OCH3 is 1. The SMILES string of the molecule is COc1ccc([C@@H]2CC(c3ccc(Br)cc3)=NN2C(=O)CCCl)cc1. The number of hydrazone groups is 1. The number of carbonyl (C=O) groups is 1. The van der Waals surface area contributed by atoms with E-state index in [4.69, 9.17) is 16.3 Å². The number of hydrogen-bond acceptors (Lipinski definition) is 3. The molecule has 25 heavy (non-hydrogen) atoms. The highest BCUT2D eigenvalue weighted by Gasteiger charge is 2.32. The molecule has 0 fully saturated rings. The highest BCUT2D eigenvalue weighted by atomic mass is 79.9. The van der Waals surface area contributed by atoms with Crippen LogP contribution in [-0.4, -0.2) is 29.6 Å². The second-order valence-corrected chi connectivity index (χ2v) is 7.02. The maximum absolute atomic E-state index is 12.5. The van der Waals surface area contributed by atoms with E-state index < -0.39 is 0 Å². The Morgan fingerprint density at radius 1 is 1.24 bits per heavy atom. The standard InChI is InChI=1S/C19H18BrClN2O2/c1-25-16-8-4-14(5-9-16)18-12-17(13-2-6-15(20)7-3-13)22-23(18)19(24)10-11-21/h2-9,18H,10-12H2,1H3/t18-/m0/s1. The second-order valence-electron chi connectivity index (χ2n) is 5.72. The maximum atomic E-state index is 12.5. The van der Waals surface area contributed by atoms with Crippen molar-refractivity contribution in [2.45, 2.75) is 18.9 Å². The first kappa shape index (κ1) is 18.0. The van der Waals surface area contributed by atoms with Gasteiger partial charge in [-0.15, -0.1) is 11.6 Å². The summed E-state index contributed by atoms with van der Waals surface area (Å²) >= 11 is 9.20. The molecule has 0 radical (unpaired) electrons. The van der Waals surface area contributed by atoms with Crippen molar-refractivity contribution in [3.63, 3.8) is 0 Å². The van der Waals surface area contributed by atoms with Crippen LogP contribution in [0.25, 0.3) is 0 Å². The fourth-order valence-electron chi connectivity index (χ4n) is 2.84. The minimum absolute atomic E-state index is 0.0667. The fraction of sp³-hybridized carbons (Fsp3) is 0.263. The number of rotatable bonds is 5. The third-order valence-corrected chi connectivity index (χ3v) is 4.87. The van der Waals surface area contributed by atoms with E-state index in [0.717, 1.165) is 27.1 Å². The Morgan fingerprint density at radius 2 is 1.92 bits per heavy atom. The minimum atomic E-state index is -0.125. The van der Waals surface area contributed by atoms with Crippen LogP contribution in [-0.2, 0) is 4.79 Å². The molecule has 0 saturated heterocycles. The molecule has 4 nitrogen and oxygen atoms in total. The van der Waals surface area contributed by atoms with Crippen LogP contribution >= 0.6 is 27.5 Å². The topological polar surface area (TPSA) is 41.9 Å². The van der Waals surface area contributed by atoms with Gasteiger partial charge >= 0.3 is 0 Å². The van der Waals surface area contributed by atoms with Crippen molar-refractivity contribution in [3.8, 4) is 5.75 Å². The van der Waals surface area contributed by atoms with Gasteiger partial charge in [0.05, 0.1) is 18.9 Å². The number of ether oxygens (including phenoxy) is 1. The summed E-state index contributed by atoms with van der Waals surface area (Å²) in [6, 6.07) is 15.6. The number of amides is 1. The lowest BCUT2D eigenvalue weighted by atomic mass is 9.98. The van der Waals surface area contributed by atoms with Crippen LogP contribution in [0.2, 0.25) is 0 Å². The minimum Gasteiger partial charge on any atom is -0.497 e. The van der Waals surface area contributed by atoms with Crippen molar-refractivity contribution in [3.05, 3.63) is 64.1 Å². The molecule has 0 unspecified atom stereocenters. The van der Waals surface area contributed by atoms with Crippen LogP contribution < -0.4 is 4.74 Å². The van der Waals surface area contributed by atoms with Crippen molar-refractivity contribution in [1.82, 2.24) is 5.01 Å². The van der Waals surface area contributed by atoms with Gasteiger partial charge in [0.25, 0.3) is 0 Å². The molecule has 0 spiro atoms. The Labute approximate surface area is 160 Å². The molecule has 2 aromatic rings. The average molecular weight is 422 g/mol. The smallest absolute Gasteiger partial charge is 0.244 e. The van der Waals surface area contributed by atoms with Gasteiger partial charge in [-0.25, -0.2) is 5.01 Å². The number of hydrogen-bond donors (Lipinski definition) is 0. The molecule has 2 aromatic carbocycles. The number of alkyl halides is 1. The van der Waals surface area contributed by atoms with E-state index in [0.29, 0.717) is 6.42 Å². The van der Waals surface area contributed by atoms with Crippen molar-refractivity contribution in [1.29, 1.82) is 0 Å². The van der Waals surface area contributed by atoms with Gasteiger partial charge in [0.2, 0.25) is 5.91 Å². The molecule has 3 rings (SSSR count). The Morgan fingerprint density at radius 3 is 2.52 bits per heavy atom. The summed E-state index contributed by atoms with van der Waals surface area (Å²) in [6.45, 7) is 0. The average Bonchev–Trinajstić information content (AvgIpc) is 3.08. The monoisotopic (exact) mass is 420 g/mol. The van der Waals surface area contributed by atoms with Crippen molar-refractivity contribution < 1.29 is 9.53 Å². The molecular formula is C19H18BrClN2O2. The zero-order valence-corrected chi connectivity index (χ0v) is 16.1. The molecular weight excluding hydrogens is 404 g/mol. The van der Waals surface area contributed by atoms with Gasteiger partial charge in [0.1, 0.15) is 5.75 Å². The van der Waals surface area contributed by atoms with Gasteiger partial charge in [-0.1, -0.05) is 40.2 Å². The van der Waals surface area contributed by atoms with E-state index >= 15 is 0 Å². The Hall–Kier alpha value is -1.85.